The number of ether oxygens (including phenoxy) is 2. The van der Waals surface area contributed by atoms with E-state index in [0.717, 1.165) is 27.6 Å². The number of thiazole rings is 1. The molecule has 6 rings (SSSR count). The first kappa shape index (κ1) is 42.3. The summed E-state index contributed by atoms with van der Waals surface area (Å²) >= 11 is 7.41. The Morgan fingerprint density at radius 2 is 1.67 bits per heavy atom. The summed E-state index contributed by atoms with van der Waals surface area (Å²) in [7, 11) is 1.60. The minimum Gasteiger partial charge on any atom is -0.494 e. The van der Waals surface area contributed by atoms with Crippen LogP contribution in [0.25, 0.3) is 10.2 Å². The lowest BCUT2D eigenvalue weighted by atomic mass is 9.93. The molecule has 20 heteroatoms. The van der Waals surface area contributed by atoms with E-state index in [-0.39, 0.29) is 35.6 Å². The fraction of sp³-hybridized carbons (Fsp3) is 0.324. The van der Waals surface area contributed by atoms with Gasteiger partial charge in [-0.2, -0.15) is 28.1 Å². The first-order chi connectivity index (χ1) is 27.0. The normalized spacial score (nSPS) is 13.1. The number of anilines is 4. The lowest BCUT2D eigenvalue weighted by Gasteiger charge is -2.25. The number of nitrogens with zero attached hydrogens (tertiary/aromatic N) is 4. The fourth-order valence-corrected chi connectivity index (χ4v) is 6.19. The first-order valence-corrected chi connectivity index (χ1v) is 18.4. The summed E-state index contributed by atoms with van der Waals surface area (Å²) in [5.41, 5.74) is 0.526. The van der Waals surface area contributed by atoms with Crippen molar-refractivity contribution in [1.29, 1.82) is 0 Å². The van der Waals surface area contributed by atoms with Gasteiger partial charge >= 0.3 is 12.2 Å². The third-order valence-corrected chi connectivity index (χ3v) is 9.48. The fourth-order valence-electron chi connectivity index (χ4n) is 5.22. The Labute approximate surface area is 333 Å². The van der Waals surface area contributed by atoms with E-state index in [9.17, 15) is 31.9 Å². The highest BCUT2D eigenvalue weighted by atomic mass is 35.5. The van der Waals surface area contributed by atoms with Gasteiger partial charge in [-0.15, -0.1) is 0 Å². The lowest BCUT2D eigenvalue weighted by molar-refractivity contribution is -0.154. The zero-order valence-electron chi connectivity index (χ0n) is 31.0. The van der Waals surface area contributed by atoms with Gasteiger partial charge in [0, 0.05) is 30.7 Å². The third kappa shape index (κ3) is 12.1. The smallest absolute Gasteiger partial charge is 0.422 e. The summed E-state index contributed by atoms with van der Waals surface area (Å²) in [5.74, 6) is -1.27. The number of halogens is 5. The molecule has 2 aromatic heterocycles. The molecule has 3 amide bonds. The van der Waals surface area contributed by atoms with Crippen LogP contribution < -0.4 is 36.1 Å². The molecule has 0 spiro atoms. The maximum Gasteiger partial charge on any atom is 0.422 e. The van der Waals surface area contributed by atoms with Crippen molar-refractivity contribution < 1.29 is 41.4 Å². The molecule has 3 aromatic carbocycles. The second-order valence-corrected chi connectivity index (χ2v) is 15.0. The predicted molar refractivity (Wildman–Crippen MR) is 208 cm³/mol. The molecule has 2 heterocycles. The highest BCUT2D eigenvalue weighted by Gasteiger charge is 2.45. The van der Waals surface area contributed by atoms with Crippen LogP contribution in [-0.2, 0) is 15.1 Å². The molecule has 5 aromatic rings. The van der Waals surface area contributed by atoms with Crippen molar-refractivity contribution in [1.82, 2.24) is 30.6 Å². The minimum atomic E-state index is -4.63. The molecule has 1 fully saturated rings. The number of hydrogen-bond donors (Lipinski definition) is 5. The van der Waals surface area contributed by atoms with Gasteiger partial charge in [0.1, 0.15) is 17.1 Å². The zero-order valence-corrected chi connectivity index (χ0v) is 32.6. The van der Waals surface area contributed by atoms with E-state index < -0.39 is 41.5 Å². The van der Waals surface area contributed by atoms with Gasteiger partial charge in [-0.1, -0.05) is 55.0 Å². The van der Waals surface area contributed by atoms with Crippen LogP contribution in [0, 0.1) is 11.2 Å². The number of methoxy groups -OCH3 is 1. The van der Waals surface area contributed by atoms with E-state index >= 15 is 0 Å². The molecule has 5 N–H and O–H groups in total. The Bertz CT molecular complexity index is 2220. The topological polar surface area (TPSA) is 181 Å². The van der Waals surface area contributed by atoms with Crippen LogP contribution in [-0.4, -0.2) is 71.1 Å². The van der Waals surface area contributed by atoms with Crippen LogP contribution in [0.1, 0.15) is 49.5 Å². The minimum absolute atomic E-state index is 0.0551. The molecule has 302 valence electrons. The Kier molecular flexibility index (Phi) is 13.3. The second kappa shape index (κ2) is 18.0. The molecule has 0 bridgehead atoms. The molecule has 1 aliphatic rings. The second-order valence-electron chi connectivity index (χ2n) is 13.5. The van der Waals surface area contributed by atoms with Crippen molar-refractivity contribution in [3.63, 3.8) is 0 Å². The van der Waals surface area contributed by atoms with Crippen LogP contribution in [0.2, 0.25) is 5.02 Å². The van der Waals surface area contributed by atoms with Crippen LogP contribution in [0.15, 0.2) is 60.7 Å². The van der Waals surface area contributed by atoms with E-state index in [2.05, 4.69) is 46.5 Å². The maximum absolute atomic E-state index is 15.0. The Morgan fingerprint density at radius 1 is 0.965 bits per heavy atom. The van der Waals surface area contributed by atoms with Crippen LogP contribution in [0.3, 0.4) is 0 Å². The van der Waals surface area contributed by atoms with Gasteiger partial charge in [-0.3, -0.25) is 14.4 Å². The summed E-state index contributed by atoms with van der Waals surface area (Å²) in [5, 5.41) is 14.9. The number of fused-ring (bicyclic) bond motifs is 1. The number of benzene rings is 3. The number of carbonyl (C=O) groups excluding carboxylic acids is 3. The van der Waals surface area contributed by atoms with Crippen LogP contribution in [0.5, 0.6) is 11.8 Å². The molecule has 57 heavy (non-hydrogen) atoms. The number of nitrogens with one attached hydrogen (secondary N) is 5. The summed E-state index contributed by atoms with van der Waals surface area (Å²) < 4.78 is 64.4. The maximum atomic E-state index is 15.0. The number of carbonyl (C=O) groups is 3. The quantitative estimate of drug-likeness (QED) is 0.0531. The van der Waals surface area contributed by atoms with Crippen molar-refractivity contribution in [2.45, 2.75) is 45.3 Å². The number of alkyl halides is 3. The van der Waals surface area contributed by atoms with Crippen LogP contribution in [0.4, 0.5) is 40.3 Å². The number of hydrogen-bond acceptors (Lipinski definition) is 12. The summed E-state index contributed by atoms with van der Waals surface area (Å²) in [4.78, 5) is 50.4. The third-order valence-electron chi connectivity index (χ3n) is 8.28. The van der Waals surface area contributed by atoms with Gasteiger partial charge < -0.3 is 36.1 Å². The van der Waals surface area contributed by atoms with Gasteiger partial charge in [0.05, 0.1) is 22.9 Å². The molecule has 1 aliphatic carbocycles. The van der Waals surface area contributed by atoms with Crippen molar-refractivity contribution in [2.75, 3.05) is 42.8 Å². The van der Waals surface area contributed by atoms with E-state index in [0.29, 0.717) is 36.0 Å². The van der Waals surface area contributed by atoms with E-state index in [1.54, 1.807) is 19.2 Å². The monoisotopic (exact) mass is 831 g/mol. The van der Waals surface area contributed by atoms with E-state index in [1.165, 1.54) is 30.4 Å². The predicted octanol–water partition coefficient (Wildman–Crippen LogP) is 7.22. The molecule has 0 aliphatic heterocycles. The molecule has 0 radical (unpaired) electrons. The van der Waals surface area contributed by atoms with Crippen LogP contribution >= 0.6 is 22.9 Å². The Balaban J connectivity index is 0.000000370. The highest BCUT2D eigenvalue weighted by Crippen LogP contribution is 2.48. The number of rotatable bonds is 15. The largest absolute Gasteiger partial charge is 0.494 e. The molecule has 0 unspecified atom stereocenters. The average molecular weight is 832 g/mol. The molecular formula is C37H38ClF4N9O5S. The van der Waals surface area contributed by atoms with Gasteiger partial charge in [-0.25, -0.2) is 9.37 Å². The number of para-hydroxylation sites is 1. The van der Waals surface area contributed by atoms with Crippen molar-refractivity contribution in [3.8, 4) is 11.8 Å². The standard InChI is InChI=1S/C28H30ClF4N7O3.C9H8N2O2S/c1-16(41)34-13-26(2,3)14-35-22(42)20-9-8-19(12-21(20)30)36-23-37-24(39-25(38-23)43-15-28(31,32)33)40-27(10-11-27)17-4-6-18(29)7-5-17;1-13-6-3-2-4-7-8(6)11-9(14-7)10-5-12/h4-9,12H,10-11,13-15H2,1-3H3,(H,34,41)(H,35,42)(H2,36,37,38,39,40);2-5H,1H3,(H,10,11,12). The summed E-state index contributed by atoms with van der Waals surface area (Å²) in [6.07, 6.45) is -2.60. The molecule has 14 nitrogen and oxygen atoms in total. The number of aromatic nitrogens is 4. The van der Waals surface area contributed by atoms with Gasteiger partial charge in [0.25, 0.3) is 5.91 Å². The Hall–Kier alpha value is -5.82. The molecular weight excluding hydrogens is 794 g/mol. The Morgan fingerprint density at radius 3 is 2.30 bits per heavy atom. The average Bonchev–Trinajstić information content (AvgIpc) is 3.81. The van der Waals surface area contributed by atoms with E-state index in [1.807, 2.05) is 44.2 Å². The van der Waals surface area contributed by atoms with Crippen molar-refractivity contribution in [3.05, 3.63) is 82.6 Å². The molecule has 0 saturated heterocycles. The zero-order chi connectivity index (χ0) is 41.4. The van der Waals surface area contributed by atoms with Crippen molar-refractivity contribution in [2.24, 2.45) is 5.41 Å². The SMILES string of the molecule is CC(=O)NCC(C)(C)CNC(=O)c1ccc(Nc2nc(NC3(c4ccc(Cl)cc4)CC3)nc(OCC(F)(F)F)n2)cc1F.COc1cccc2sc(NC=O)nc12. The summed E-state index contributed by atoms with van der Waals surface area (Å²) in [6.45, 7) is 3.90. The highest BCUT2D eigenvalue weighted by molar-refractivity contribution is 7.22. The van der Waals surface area contributed by atoms with Gasteiger partial charge in [0.15, 0.2) is 11.7 Å². The summed E-state index contributed by atoms with van der Waals surface area (Å²) in [6, 6.07) is 15.8. The molecule has 1 saturated carbocycles. The lowest BCUT2D eigenvalue weighted by Crippen LogP contribution is -2.41. The number of amides is 3. The first-order valence-electron chi connectivity index (χ1n) is 17.2. The van der Waals surface area contributed by atoms with Crippen molar-refractivity contribution >= 4 is 74.1 Å². The molecule has 0 atom stereocenters. The van der Waals surface area contributed by atoms with E-state index in [4.69, 9.17) is 21.1 Å². The van der Waals surface area contributed by atoms with Gasteiger partial charge in [0.2, 0.25) is 24.2 Å². The van der Waals surface area contributed by atoms with Gasteiger partial charge in [-0.05, 0) is 66.3 Å².